The summed E-state index contributed by atoms with van der Waals surface area (Å²) in [7, 11) is 0. The zero-order chi connectivity index (χ0) is 16.5. The van der Waals surface area contributed by atoms with Gasteiger partial charge in [0.25, 0.3) is 5.89 Å². The molecule has 0 aliphatic carbocycles. The summed E-state index contributed by atoms with van der Waals surface area (Å²) < 4.78 is 10.9. The lowest BCUT2D eigenvalue weighted by atomic mass is 10.2. The van der Waals surface area contributed by atoms with Crippen molar-refractivity contribution in [3.8, 4) is 11.5 Å². The number of rotatable bonds is 3. The fraction of sp³-hybridized carbons (Fsp3) is 0.0556. The average molecular weight is 319 g/mol. The maximum Gasteiger partial charge on any atom is 0.349 e. The topological polar surface area (TPSA) is 81.2 Å². The van der Waals surface area contributed by atoms with Gasteiger partial charge in [0.2, 0.25) is 0 Å². The number of benzene rings is 2. The Balaban J connectivity index is 1.71. The van der Waals surface area contributed by atoms with Crippen LogP contribution in [0.15, 0.2) is 68.2 Å². The molecule has 2 aromatic heterocycles. The fourth-order valence-electron chi connectivity index (χ4n) is 2.42. The van der Waals surface area contributed by atoms with Crippen LogP contribution in [0.1, 0.15) is 5.56 Å². The number of aryl methyl sites for hydroxylation is 1. The molecular weight excluding hydrogens is 306 g/mol. The van der Waals surface area contributed by atoms with Gasteiger partial charge in [-0.05, 0) is 30.7 Å². The molecular formula is C18H13N3O3. The van der Waals surface area contributed by atoms with Gasteiger partial charge in [0.1, 0.15) is 11.1 Å². The third kappa shape index (κ3) is 2.54. The lowest BCUT2D eigenvalue weighted by molar-refractivity contribution is 0.548. The van der Waals surface area contributed by atoms with Crippen molar-refractivity contribution in [2.24, 2.45) is 0 Å². The number of anilines is 2. The van der Waals surface area contributed by atoms with E-state index in [9.17, 15) is 4.79 Å². The summed E-state index contributed by atoms with van der Waals surface area (Å²) in [5, 5.41) is 11.7. The van der Waals surface area contributed by atoms with Crippen LogP contribution in [0.2, 0.25) is 0 Å². The maximum absolute atomic E-state index is 12.1. The van der Waals surface area contributed by atoms with E-state index in [0.29, 0.717) is 5.58 Å². The van der Waals surface area contributed by atoms with Crippen molar-refractivity contribution in [2.45, 2.75) is 6.92 Å². The van der Waals surface area contributed by atoms with E-state index in [-0.39, 0.29) is 17.5 Å². The summed E-state index contributed by atoms with van der Waals surface area (Å²) in [5.74, 6) is 0.116. The minimum absolute atomic E-state index is 0.116. The van der Waals surface area contributed by atoms with Crippen molar-refractivity contribution in [1.29, 1.82) is 0 Å². The van der Waals surface area contributed by atoms with Crippen molar-refractivity contribution in [3.63, 3.8) is 0 Å². The van der Waals surface area contributed by atoms with E-state index >= 15 is 0 Å². The van der Waals surface area contributed by atoms with Crippen LogP contribution >= 0.6 is 0 Å². The van der Waals surface area contributed by atoms with Crippen LogP contribution in [0.4, 0.5) is 11.7 Å². The van der Waals surface area contributed by atoms with Gasteiger partial charge in [-0.3, -0.25) is 0 Å². The predicted molar refractivity (Wildman–Crippen MR) is 90.2 cm³/mol. The number of para-hydroxylation sites is 2. The van der Waals surface area contributed by atoms with Gasteiger partial charge in [-0.25, -0.2) is 4.79 Å². The zero-order valence-corrected chi connectivity index (χ0v) is 12.8. The Labute approximate surface area is 136 Å². The Hall–Kier alpha value is -3.41. The Morgan fingerprint density at radius 3 is 2.62 bits per heavy atom. The van der Waals surface area contributed by atoms with E-state index in [4.69, 9.17) is 8.83 Å². The first-order valence-electron chi connectivity index (χ1n) is 7.40. The average Bonchev–Trinajstić information content (AvgIpc) is 3.04. The van der Waals surface area contributed by atoms with Gasteiger partial charge in [-0.15, -0.1) is 5.10 Å². The van der Waals surface area contributed by atoms with Gasteiger partial charge >= 0.3 is 11.6 Å². The molecule has 24 heavy (non-hydrogen) atoms. The highest BCUT2D eigenvalue weighted by Gasteiger charge is 2.15. The normalized spacial score (nSPS) is 10.9. The van der Waals surface area contributed by atoms with Crippen molar-refractivity contribution in [2.75, 3.05) is 5.32 Å². The Morgan fingerprint density at radius 2 is 1.75 bits per heavy atom. The van der Waals surface area contributed by atoms with Gasteiger partial charge in [-0.2, -0.15) is 0 Å². The third-order valence-electron chi connectivity index (χ3n) is 3.68. The van der Waals surface area contributed by atoms with Crippen LogP contribution in [0.3, 0.4) is 0 Å². The highest BCUT2D eigenvalue weighted by atomic mass is 16.4. The van der Waals surface area contributed by atoms with Gasteiger partial charge < -0.3 is 14.2 Å². The van der Waals surface area contributed by atoms with E-state index in [1.165, 1.54) is 0 Å². The predicted octanol–water partition coefficient (Wildman–Crippen LogP) is 3.90. The number of nitrogens with zero attached hydrogens (tertiary/aromatic N) is 2. The first kappa shape index (κ1) is 14.2. The number of nitrogens with one attached hydrogen (secondary N) is 1. The highest BCUT2D eigenvalue weighted by Crippen LogP contribution is 2.24. The molecule has 1 N–H and O–H groups in total. The van der Waals surface area contributed by atoms with Gasteiger partial charge in [-0.1, -0.05) is 41.5 Å². The fourth-order valence-corrected chi connectivity index (χ4v) is 2.42. The lowest BCUT2D eigenvalue weighted by Gasteiger charge is -2.04. The van der Waals surface area contributed by atoms with Crippen LogP contribution in [0, 0.1) is 6.92 Å². The van der Waals surface area contributed by atoms with E-state index in [0.717, 1.165) is 16.6 Å². The molecule has 0 unspecified atom stereocenters. The summed E-state index contributed by atoms with van der Waals surface area (Å²) >= 11 is 0. The summed E-state index contributed by atoms with van der Waals surface area (Å²) in [6, 6.07) is 16.9. The molecule has 4 rings (SSSR count). The molecule has 0 atom stereocenters. The van der Waals surface area contributed by atoms with Crippen molar-refractivity contribution < 1.29 is 8.83 Å². The number of aromatic nitrogens is 2. The number of hydrogen-bond acceptors (Lipinski definition) is 6. The second kappa shape index (κ2) is 5.66. The van der Waals surface area contributed by atoms with Crippen molar-refractivity contribution in [3.05, 3.63) is 70.6 Å². The smallest absolute Gasteiger partial charge is 0.349 e. The summed E-state index contributed by atoms with van der Waals surface area (Å²) in [6.45, 7) is 1.97. The molecule has 0 aliphatic heterocycles. The molecule has 0 aliphatic rings. The van der Waals surface area contributed by atoms with E-state index < -0.39 is 5.63 Å². The lowest BCUT2D eigenvalue weighted by Crippen LogP contribution is -2.02. The van der Waals surface area contributed by atoms with E-state index in [1.54, 1.807) is 12.1 Å². The van der Waals surface area contributed by atoms with Crippen molar-refractivity contribution >= 4 is 22.7 Å². The minimum Gasteiger partial charge on any atom is -0.422 e. The number of hydrogen-bond donors (Lipinski definition) is 1. The molecule has 0 bridgehead atoms. The minimum atomic E-state index is -0.514. The third-order valence-corrected chi connectivity index (χ3v) is 3.68. The molecule has 4 aromatic rings. The molecule has 2 heterocycles. The Morgan fingerprint density at radius 1 is 0.958 bits per heavy atom. The standard InChI is InChI=1S/C18H13N3O3/c1-11-6-2-4-8-14(11)19-18-21-20-16(24-18)13-10-12-7-3-5-9-15(12)23-17(13)22/h2-10H,1H3,(H,19,21). The van der Waals surface area contributed by atoms with Gasteiger partial charge in [0.15, 0.2) is 0 Å². The maximum atomic E-state index is 12.1. The molecule has 0 saturated heterocycles. The van der Waals surface area contributed by atoms with Crippen LogP contribution in [0.5, 0.6) is 0 Å². The molecule has 0 fully saturated rings. The summed E-state index contributed by atoms with van der Waals surface area (Å²) in [4.78, 5) is 12.1. The molecule has 0 saturated carbocycles. The van der Waals surface area contributed by atoms with Crippen LogP contribution in [-0.2, 0) is 0 Å². The van der Waals surface area contributed by atoms with Crippen LogP contribution in [-0.4, -0.2) is 10.2 Å². The second-order valence-electron chi connectivity index (χ2n) is 5.34. The van der Waals surface area contributed by atoms with E-state index in [1.807, 2.05) is 49.4 Å². The molecule has 2 aromatic carbocycles. The molecule has 0 radical (unpaired) electrons. The highest BCUT2D eigenvalue weighted by molar-refractivity contribution is 5.80. The molecule has 6 nitrogen and oxygen atoms in total. The monoisotopic (exact) mass is 319 g/mol. The summed E-state index contributed by atoms with van der Waals surface area (Å²) in [6.07, 6.45) is 0. The zero-order valence-electron chi connectivity index (χ0n) is 12.8. The molecule has 0 spiro atoms. The quantitative estimate of drug-likeness (QED) is 0.577. The Kier molecular flexibility index (Phi) is 3.35. The first-order valence-corrected chi connectivity index (χ1v) is 7.40. The van der Waals surface area contributed by atoms with Gasteiger partial charge in [0.05, 0.1) is 0 Å². The van der Waals surface area contributed by atoms with Crippen LogP contribution < -0.4 is 10.9 Å². The van der Waals surface area contributed by atoms with Crippen molar-refractivity contribution in [1.82, 2.24) is 10.2 Å². The van der Waals surface area contributed by atoms with E-state index in [2.05, 4.69) is 15.5 Å². The van der Waals surface area contributed by atoms with Gasteiger partial charge in [0, 0.05) is 11.1 Å². The SMILES string of the molecule is Cc1ccccc1Nc1nnc(-c2cc3ccccc3oc2=O)o1. The molecule has 0 amide bonds. The first-order chi connectivity index (χ1) is 11.7. The second-order valence-corrected chi connectivity index (χ2v) is 5.34. The van der Waals surface area contributed by atoms with Crippen LogP contribution in [0.25, 0.3) is 22.4 Å². The molecule has 118 valence electrons. The summed E-state index contributed by atoms with van der Waals surface area (Å²) in [5.41, 5.74) is 2.14. The number of fused-ring (bicyclic) bond motifs is 1. The molecule has 6 heteroatoms. The Bertz CT molecular complexity index is 1080. The largest absolute Gasteiger partial charge is 0.422 e.